The molecular formula is C16H27NO5. The van der Waals surface area contributed by atoms with E-state index < -0.39 is 0 Å². The summed E-state index contributed by atoms with van der Waals surface area (Å²) in [6, 6.07) is 2.14. The minimum absolute atomic E-state index is 0.0275. The second kappa shape index (κ2) is 11.4. The molecule has 22 heavy (non-hydrogen) atoms. The van der Waals surface area contributed by atoms with E-state index in [4.69, 9.17) is 19.8 Å². The Morgan fingerprint density at radius 3 is 2.86 bits per heavy atom. The average molecular weight is 313 g/mol. The third kappa shape index (κ3) is 7.74. The van der Waals surface area contributed by atoms with E-state index >= 15 is 0 Å². The molecule has 0 aromatic heterocycles. The standard InChI is InChI=1S/C16H27NO5/c1-20-16(19)9-8-14(5-3-11-18)22-15-7-6-13(21-12-15)4-2-10-17/h13-15,18H,2-9,11-12H2,1H3/t13?,14-,15?/m1/s1. The van der Waals surface area contributed by atoms with Crippen LogP contribution < -0.4 is 0 Å². The number of esters is 1. The van der Waals surface area contributed by atoms with Crippen LogP contribution in [0.3, 0.4) is 0 Å². The third-order valence-corrected chi connectivity index (χ3v) is 3.87. The number of aliphatic hydroxyl groups excluding tert-OH is 1. The fourth-order valence-corrected chi connectivity index (χ4v) is 2.59. The summed E-state index contributed by atoms with van der Waals surface area (Å²) in [4.78, 5) is 11.2. The smallest absolute Gasteiger partial charge is 0.305 e. The number of carbonyl (C=O) groups is 1. The number of nitriles is 1. The normalized spacial score (nSPS) is 22.8. The lowest BCUT2D eigenvalue weighted by Gasteiger charge is -2.31. The van der Waals surface area contributed by atoms with Crippen LogP contribution in [0.4, 0.5) is 0 Å². The molecule has 0 saturated carbocycles. The Morgan fingerprint density at radius 1 is 1.45 bits per heavy atom. The molecule has 0 aliphatic carbocycles. The monoisotopic (exact) mass is 313 g/mol. The SMILES string of the molecule is COC(=O)CC[C@@H](CCCO)OC1CCC(CCC#N)OC1. The van der Waals surface area contributed by atoms with Crippen molar-refractivity contribution in [2.75, 3.05) is 20.3 Å². The molecule has 1 aliphatic heterocycles. The highest BCUT2D eigenvalue weighted by Crippen LogP contribution is 2.22. The van der Waals surface area contributed by atoms with Gasteiger partial charge in [0, 0.05) is 19.4 Å². The molecule has 3 atom stereocenters. The van der Waals surface area contributed by atoms with Crippen molar-refractivity contribution in [1.82, 2.24) is 0 Å². The van der Waals surface area contributed by atoms with Gasteiger partial charge in [-0.05, 0) is 38.5 Å². The number of methoxy groups -OCH3 is 1. The molecule has 1 rings (SSSR count). The van der Waals surface area contributed by atoms with Crippen molar-refractivity contribution in [2.24, 2.45) is 0 Å². The summed E-state index contributed by atoms with van der Waals surface area (Å²) >= 11 is 0. The first-order valence-corrected chi connectivity index (χ1v) is 8.01. The minimum Gasteiger partial charge on any atom is -0.469 e. The maximum absolute atomic E-state index is 11.2. The molecule has 0 aromatic rings. The molecule has 1 heterocycles. The predicted molar refractivity (Wildman–Crippen MR) is 80.1 cm³/mol. The van der Waals surface area contributed by atoms with Crippen LogP contribution in [0.25, 0.3) is 0 Å². The van der Waals surface area contributed by atoms with Crippen molar-refractivity contribution in [2.45, 2.75) is 69.7 Å². The van der Waals surface area contributed by atoms with Gasteiger partial charge in [-0.3, -0.25) is 4.79 Å². The summed E-state index contributed by atoms with van der Waals surface area (Å²) in [7, 11) is 1.38. The third-order valence-electron chi connectivity index (χ3n) is 3.87. The van der Waals surface area contributed by atoms with Gasteiger partial charge in [-0.1, -0.05) is 0 Å². The highest BCUT2D eigenvalue weighted by atomic mass is 16.5. The van der Waals surface area contributed by atoms with E-state index in [-0.39, 0.29) is 30.9 Å². The highest BCUT2D eigenvalue weighted by Gasteiger charge is 2.24. The van der Waals surface area contributed by atoms with Crippen LogP contribution in [0.2, 0.25) is 0 Å². The Kier molecular flexibility index (Phi) is 9.80. The van der Waals surface area contributed by atoms with Gasteiger partial charge in [0.05, 0.1) is 38.1 Å². The van der Waals surface area contributed by atoms with Gasteiger partial charge in [0.2, 0.25) is 0 Å². The molecule has 6 heteroatoms. The Bertz CT molecular complexity index is 347. The molecule has 0 spiro atoms. The molecular weight excluding hydrogens is 286 g/mol. The van der Waals surface area contributed by atoms with Gasteiger partial charge in [-0.15, -0.1) is 0 Å². The minimum atomic E-state index is -0.242. The van der Waals surface area contributed by atoms with E-state index in [9.17, 15) is 4.79 Å². The Morgan fingerprint density at radius 2 is 2.27 bits per heavy atom. The number of aliphatic hydroxyl groups is 1. The molecule has 0 amide bonds. The number of carbonyl (C=O) groups excluding carboxylic acids is 1. The van der Waals surface area contributed by atoms with E-state index in [1.54, 1.807) is 0 Å². The molecule has 1 N–H and O–H groups in total. The zero-order chi connectivity index (χ0) is 16.2. The van der Waals surface area contributed by atoms with Gasteiger partial charge in [-0.25, -0.2) is 0 Å². The Hall–Kier alpha value is -1.16. The number of hydrogen-bond acceptors (Lipinski definition) is 6. The summed E-state index contributed by atoms with van der Waals surface area (Å²) < 4.78 is 16.4. The average Bonchev–Trinajstić information content (AvgIpc) is 2.56. The highest BCUT2D eigenvalue weighted by molar-refractivity contribution is 5.69. The first-order valence-electron chi connectivity index (χ1n) is 8.01. The summed E-state index contributed by atoms with van der Waals surface area (Å²) in [6.45, 7) is 0.652. The molecule has 6 nitrogen and oxygen atoms in total. The zero-order valence-electron chi connectivity index (χ0n) is 13.3. The number of ether oxygens (including phenoxy) is 3. The topological polar surface area (TPSA) is 88.8 Å². The van der Waals surface area contributed by atoms with Gasteiger partial charge in [0.15, 0.2) is 0 Å². The van der Waals surface area contributed by atoms with Crippen LogP contribution >= 0.6 is 0 Å². The number of rotatable bonds is 10. The molecule has 2 unspecified atom stereocenters. The van der Waals surface area contributed by atoms with Crippen LogP contribution in [0.15, 0.2) is 0 Å². The zero-order valence-corrected chi connectivity index (χ0v) is 13.3. The van der Waals surface area contributed by atoms with Crippen LogP contribution in [0, 0.1) is 11.3 Å². The van der Waals surface area contributed by atoms with Crippen molar-refractivity contribution < 1.29 is 24.1 Å². The first-order chi connectivity index (χ1) is 10.7. The fraction of sp³-hybridized carbons (Fsp3) is 0.875. The summed E-state index contributed by atoms with van der Waals surface area (Å²) in [6.07, 6.45) is 5.53. The summed E-state index contributed by atoms with van der Waals surface area (Å²) in [5.41, 5.74) is 0. The van der Waals surface area contributed by atoms with Crippen molar-refractivity contribution in [3.63, 3.8) is 0 Å². The van der Waals surface area contributed by atoms with Gasteiger partial charge < -0.3 is 19.3 Å². The quantitative estimate of drug-likeness (QED) is 0.620. The number of nitrogens with zero attached hydrogens (tertiary/aromatic N) is 1. The van der Waals surface area contributed by atoms with E-state index in [2.05, 4.69) is 10.8 Å². The lowest BCUT2D eigenvalue weighted by molar-refractivity contribution is -0.143. The molecule has 1 fully saturated rings. The Balaban J connectivity index is 2.32. The maximum atomic E-state index is 11.2. The summed E-state index contributed by atoms with van der Waals surface area (Å²) in [5, 5.41) is 17.5. The molecule has 0 bridgehead atoms. The summed E-state index contributed by atoms with van der Waals surface area (Å²) in [5.74, 6) is -0.242. The number of hydrogen-bond donors (Lipinski definition) is 1. The molecule has 1 aliphatic rings. The van der Waals surface area contributed by atoms with Crippen LogP contribution in [0.5, 0.6) is 0 Å². The van der Waals surface area contributed by atoms with Crippen LogP contribution in [0.1, 0.15) is 51.4 Å². The molecule has 0 radical (unpaired) electrons. The fourth-order valence-electron chi connectivity index (χ4n) is 2.59. The van der Waals surface area contributed by atoms with Gasteiger partial charge in [0.1, 0.15) is 0 Å². The van der Waals surface area contributed by atoms with Gasteiger partial charge in [0.25, 0.3) is 0 Å². The van der Waals surface area contributed by atoms with E-state index in [1.165, 1.54) is 7.11 Å². The van der Waals surface area contributed by atoms with Crippen molar-refractivity contribution in [3.05, 3.63) is 0 Å². The maximum Gasteiger partial charge on any atom is 0.305 e. The van der Waals surface area contributed by atoms with E-state index in [1.807, 2.05) is 0 Å². The van der Waals surface area contributed by atoms with E-state index in [0.29, 0.717) is 32.3 Å². The first kappa shape index (κ1) is 18.9. The predicted octanol–water partition coefficient (Wildman–Crippen LogP) is 1.95. The van der Waals surface area contributed by atoms with Crippen molar-refractivity contribution >= 4 is 5.97 Å². The van der Waals surface area contributed by atoms with E-state index in [0.717, 1.165) is 25.7 Å². The second-order valence-electron chi connectivity index (χ2n) is 5.59. The van der Waals surface area contributed by atoms with Crippen LogP contribution in [-0.2, 0) is 19.0 Å². The lowest BCUT2D eigenvalue weighted by Crippen LogP contribution is -2.34. The molecule has 126 valence electrons. The van der Waals surface area contributed by atoms with Gasteiger partial charge in [-0.2, -0.15) is 5.26 Å². The van der Waals surface area contributed by atoms with Crippen LogP contribution in [-0.4, -0.2) is 49.7 Å². The lowest BCUT2D eigenvalue weighted by atomic mass is 10.0. The largest absolute Gasteiger partial charge is 0.469 e. The molecule has 0 aromatic carbocycles. The van der Waals surface area contributed by atoms with Gasteiger partial charge >= 0.3 is 5.97 Å². The molecule has 1 saturated heterocycles. The Labute approximate surface area is 132 Å². The van der Waals surface area contributed by atoms with Crippen molar-refractivity contribution in [1.29, 1.82) is 5.26 Å². The van der Waals surface area contributed by atoms with Crippen molar-refractivity contribution in [3.8, 4) is 6.07 Å². The second-order valence-corrected chi connectivity index (χ2v) is 5.59.